The van der Waals surface area contributed by atoms with Crippen LogP contribution in [0.1, 0.15) is 18.2 Å². The van der Waals surface area contributed by atoms with Gasteiger partial charge in [-0.15, -0.1) is 0 Å². The van der Waals surface area contributed by atoms with Gasteiger partial charge in [-0.1, -0.05) is 22.9 Å². The van der Waals surface area contributed by atoms with E-state index in [9.17, 15) is 0 Å². The lowest BCUT2D eigenvalue weighted by Gasteiger charge is -2.09. The molecule has 1 N–H and O–H groups in total. The van der Waals surface area contributed by atoms with Gasteiger partial charge < -0.3 is 5.32 Å². The zero-order valence-electron chi connectivity index (χ0n) is 10.8. The van der Waals surface area contributed by atoms with Crippen molar-refractivity contribution in [3.05, 3.63) is 40.0 Å². The molecule has 2 aromatic rings. The molecule has 2 rings (SSSR count). The fourth-order valence-corrected chi connectivity index (χ4v) is 2.28. The van der Waals surface area contributed by atoms with Crippen LogP contribution in [-0.4, -0.2) is 17.0 Å². The molecule has 0 radical (unpaired) electrons. The van der Waals surface area contributed by atoms with Crippen molar-refractivity contribution in [2.45, 2.75) is 20.3 Å². The number of rotatable bonds is 3. The van der Waals surface area contributed by atoms with Gasteiger partial charge in [0.15, 0.2) is 5.82 Å². The molecule has 0 atom stereocenters. The Kier molecular flexibility index (Phi) is 3.97. The summed E-state index contributed by atoms with van der Waals surface area (Å²) in [7, 11) is 1.87. The summed E-state index contributed by atoms with van der Waals surface area (Å²) in [5, 5.41) is 3.08. The van der Waals surface area contributed by atoms with Crippen LogP contribution in [0.25, 0.3) is 11.4 Å². The fourth-order valence-electron chi connectivity index (χ4n) is 1.81. The Hall–Kier alpha value is -1.42. The van der Waals surface area contributed by atoms with Gasteiger partial charge in [-0.2, -0.15) is 0 Å². The summed E-state index contributed by atoms with van der Waals surface area (Å²) in [5.41, 5.74) is 3.29. The molecule has 1 heterocycles. The van der Waals surface area contributed by atoms with Gasteiger partial charge in [-0.05, 0) is 37.1 Å². The number of nitrogens with one attached hydrogen (secondary N) is 1. The summed E-state index contributed by atoms with van der Waals surface area (Å²) in [6.07, 6.45) is 0.903. The molecular weight excluding hydrogens is 290 g/mol. The zero-order valence-corrected chi connectivity index (χ0v) is 12.4. The van der Waals surface area contributed by atoms with Crippen LogP contribution in [-0.2, 0) is 6.42 Å². The van der Waals surface area contributed by atoms with E-state index in [1.165, 1.54) is 5.56 Å². The Morgan fingerprint density at radius 2 is 2.00 bits per heavy atom. The third-order valence-corrected chi connectivity index (χ3v) is 3.32. The summed E-state index contributed by atoms with van der Waals surface area (Å²) in [5.74, 6) is 1.64. The maximum Gasteiger partial charge on any atom is 0.162 e. The molecule has 1 aromatic heterocycles. The zero-order chi connectivity index (χ0) is 13.1. The number of halogens is 1. The number of hydrogen-bond donors (Lipinski definition) is 1. The topological polar surface area (TPSA) is 37.8 Å². The van der Waals surface area contributed by atoms with E-state index in [1.54, 1.807) is 0 Å². The molecule has 0 saturated carbocycles. The van der Waals surface area contributed by atoms with Crippen molar-refractivity contribution in [3.63, 3.8) is 0 Å². The minimum absolute atomic E-state index is 0.781. The first kappa shape index (κ1) is 13.0. The third kappa shape index (κ3) is 2.70. The standard InChI is InChI=1S/C14H16BrN3/c1-4-11-8-13(16-3)18-14(17-11)12-6-5-10(15)7-9(12)2/h5-8H,4H2,1-3H3,(H,16,17,18). The van der Waals surface area contributed by atoms with Crippen LogP contribution in [0.2, 0.25) is 0 Å². The van der Waals surface area contributed by atoms with Crippen LogP contribution in [0.15, 0.2) is 28.7 Å². The van der Waals surface area contributed by atoms with Crippen molar-refractivity contribution in [2.24, 2.45) is 0 Å². The highest BCUT2D eigenvalue weighted by Gasteiger charge is 2.08. The smallest absolute Gasteiger partial charge is 0.162 e. The lowest BCUT2D eigenvalue weighted by molar-refractivity contribution is 1.00. The van der Waals surface area contributed by atoms with E-state index in [4.69, 9.17) is 0 Å². The van der Waals surface area contributed by atoms with E-state index in [-0.39, 0.29) is 0 Å². The Bertz CT molecular complexity index is 545. The predicted molar refractivity (Wildman–Crippen MR) is 78.8 cm³/mol. The molecule has 0 amide bonds. The molecule has 0 aliphatic rings. The molecule has 94 valence electrons. The third-order valence-electron chi connectivity index (χ3n) is 2.83. The van der Waals surface area contributed by atoms with Gasteiger partial charge in [0, 0.05) is 28.8 Å². The molecule has 0 bridgehead atoms. The highest BCUT2D eigenvalue weighted by molar-refractivity contribution is 9.10. The lowest BCUT2D eigenvalue weighted by Crippen LogP contribution is -2.01. The number of aryl methyl sites for hydroxylation is 2. The van der Waals surface area contributed by atoms with E-state index < -0.39 is 0 Å². The van der Waals surface area contributed by atoms with Crippen LogP contribution < -0.4 is 5.32 Å². The average molecular weight is 306 g/mol. The first-order chi connectivity index (χ1) is 8.63. The van der Waals surface area contributed by atoms with Crippen LogP contribution >= 0.6 is 15.9 Å². The first-order valence-electron chi connectivity index (χ1n) is 5.96. The van der Waals surface area contributed by atoms with Gasteiger partial charge in [0.2, 0.25) is 0 Å². The van der Waals surface area contributed by atoms with Crippen LogP contribution in [0, 0.1) is 6.92 Å². The van der Waals surface area contributed by atoms with Crippen molar-refractivity contribution in [1.29, 1.82) is 0 Å². The summed E-state index contributed by atoms with van der Waals surface area (Å²) in [6.45, 7) is 4.17. The predicted octanol–water partition coefficient (Wildman–Crippen LogP) is 3.82. The molecule has 4 heteroatoms. The largest absolute Gasteiger partial charge is 0.373 e. The summed E-state index contributed by atoms with van der Waals surface area (Å²) >= 11 is 3.47. The average Bonchev–Trinajstić information content (AvgIpc) is 2.38. The maximum absolute atomic E-state index is 4.59. The molecule has 0 fully saturated rings. The normalized spacial score (nSPS) is 10.4. The Balaban J connectivity index is 2.55. The monoisotopic (exact) mass is 305 g/mol. The molecule has 0 saturated heterocycles. The summed E-state index contributed by atoms with van der Waals surface area (Å²) < 4.78 is 1.07. The quantitative estimate of drug-likeness (QED) is 0.937. The second kappa shape index (κ2) is 5.48. The second-order valence-corrected chi connectivity index (χ2v) is 5.05. The Morgan fingerprint density at radius 1 is 1.22 bits per heavy atom. The van der Waals surface area contributed by atoms with Crippen LogP contribution in [0.3, 0.4) is 0 Å². The van der Waals surface area contributed by atoms with Gasteiger partial charge in [0.1, 0.15) is 5.82 Å². The highest BCUT2D eigenvalue weighted by atomic mass is 79.9. The van der Waals surface area contributed by atoms with Crippen LogP contribution in [0.5, 0.6) is 0 Å². The molecule has 0 aliphatic heterocycles. The number of anilines is 1. The van der Waals surface area contributed by atoms with Crippen molar-refractivity contribution in [1.82, 2.24) is 9.97 Å². The van der Waals surface area contributed by atoms with Gasteiger partial charge >= 0.3 is 0 Å². The van der Waals surface area contributed by atoms with E-state index in [0.29, 0.717) is 0 Å². The van der Waals surface area contributed by atoms with E-state index >= 15 is 0 Å². The second-order valence-electron chi connectivity index (χ2n) is 4.13. The SMILES string of the molecule is CCc1cc(NC)nc(-c2ccc(Br)cc2C)n1. The fraction of sp³-hybridized carbons (Fsp3) is 0.286. The summed E-state index contributed by atoms with van der Waals surface area (Å²) in [4.78, 5) is 9.12. The Morgan fingerprint density at radius 3 is 2.61 bits per heavy atom. The molecule has 3 nitrogen and oxygen atoms in total. The van der Waals surface area contributed by atoms with Gasteiger partial charge in [0.05, 0.1) is 0 Å². The molecule has 18 heavy (non-hydrogen) atoms. The minimum atomic E-state index is 0.781. The van der Waals surface area contributed by atoms with Gasteiger partial charge in [-0.25, -0.2) is 9.97 Å². The van der Waals surface area contributed by atoms with E-state index in [1.807, 2.05) is 25.2 Å². The molecular formula is C14H16BrN3. The van der Waals surface area contributed by atoms with E-state index in [2.05, 4.69) is 51.1 Å². The number of aromatic nitrogens is 2. The highest BCUT2D eigenvalue weighted by Crippen LogP contribution is 2.24. The first-order valence-corrected chi connectivity index (χ1v) is 6.75. The molecule has 0 unspecified atom stereocenters. The minimum Gasteiger partial charge on any atom is -0.373 e. The number of nitrogens with zero attached hydrogens (tertiary/aromatic N) is 2. The molecule has 0 aliphatic carbocycles. The molecule has 1 aromatic carbocycles. The van der Waals surface area contributed by atoms with Crippen molar-refractivity contribution in [2.75, 3.05) is 12.4 Å². The number of benzene rings is 1. The molecule has 0 spiro atoms. The van der Waals surface area contributed by atoms with Crippen molar-refractivity contribution >= 4 is 21.7 Å². The van der Waals surface area contributed by atoms with Gasteiger partial charge in [0.25, 0.3) is 0 Å². The number of hydrogen-bond acceptors (Lipinski definition) is 3. The van der Waals surface area contributed by atoms with Crippen molar-refractivity contribution in [3.8, 4) is 11.4 Å². The van der Waals surface area contributed by atoms with Crippen LogP contribution in [0.4, 0.5) is 5.82 Å². The van der Waals surface area contributed by atoms with Gasteiger partial charge in [-0.3, -0.25) is 0 Å². The Labute approximate surface area is 116 Å². The summed E-state index contributed by atoms with van der Waals surface area (Å²) in [6, 6.07) is 8.13. The van der Waals surface area contributed by atoms with Crippen molar-refractivity contribution < 1.29 is 0 Å². The lowest BCUT2D eigenvalue weighted by atomic mass is 10.1. The maximum atomic E-state index is 4.59. The van der Waals surface area contributed by atoms with E-state index in [0.717, 1.165) is 33.8 Å².